The molecule has 0 aromatic heterocycles. The molecule has 0 aromatic rings. The zero-order valence-electron chi connectivity index (χ0n) is 6.12. The molecule has 0 amide bonds. The van der Waals surface area contributed by atoms with Crippen molar-refractivity contribution in [1.82, 2.24) is 0 Å². The Kier molecular flexibility index (Phi) is 1.28. The van der Waals surface area contributed by atoms with E-state index in [1.54, 1.807) is 0 Å². The molecule has 2 aliphatic carbocycles. The van der Waals surface area contributed by atoms with Gasteiger partial charge in [0.1, 0.15) is 5.78 Å². The molecule has 0 aliphatic heterocycles. The average Bonchev–Trinajstić information content (AvgIpc) is 2.41. The first-order valence-corrected chi connectivity index (χ1v) is 3.95. The predicted octanol–water partition coefficient (Wildman–Crippen LogP) is 0.686. The van der Waals surface area contributed by atoms with E-state index in [-0.39, 0.29) is 23.5 Å². The van der Waals surface area contributed by atoms with Crippen LogP contribution in [0.5, 0.6) is 0 Å². The predicted molar refractivity (Wildman–Crippen MR) is 37.0 cm³/mol. The van der Waals surface area contributed by atoms with Crippen LogP contribution in [-0.4, -0.2) is 16.9 Å². The highest BCUT2D eigenvalue weighted by molar-refractivity contribution is 5.91. The van der Waals surface area contributed by atoms with Crippen LogP contribution in [0.25, 0.3) is 0 Å². The van der Waals surface area contributed by atoms with Gasteiger partial charge in [0.05, 0.1) is 5.92 Å². The molecule has 60 valence electrons. The number of ketones is 1. The molecule has 2 saturated carbocycles. The quantitative estimate of drug-likeness (QED) is 0.604. The summed E-state index contributed by atoms with van der Waals surface area (Å²) in [5.74, 6) is -0.929. The van der Waals surface area contributed by atoms with Crippen LogP contribution in [0.3, 0.4) is 0 Å². The molecule has 0 saturated heterocycles. The fraction of sp³-hybridized carbons (Fsp3) is 0.750. The number of Topliss-reactive ketones (excluding diaryl/α,β-unsaturated/α-hetero) is 1. The van der Waals surface area contributed by atoms with Gasteiger partial charge in [0.15, 0.2) is 0 Å². The van der Waals surface area contributed by atoms with Crippen molar-refractivity contribution in [3.63, 3.8) is 0 Å². The molecule has 0 spiro atoms. The summed E-state index contributed by atoms with van der Waals surface area (Å²) in [4.78, 5) is 21.7. The van der Waals surface area contributed by atoms with Crippen LogP contribution in [-0.2, 0) is 9.59 Å². The molecule has 0 aromatic carbocycles. The van der Waals surface area contributed by atoms with Crippen molar-refractivity contribution in [2.75, 3.05) is 0 Å². The number of carbonyl (C=O) groups excluding carboxylic acids is 1. The van der Waals surface area contributed by atoms with Gasteiger partial charge in [-0.2, -0.15) is 0 Å². The van der Waals surface area contributed by atoms with Gasteiger partial charge >= 0.3 is 5.97 Å². The minimum absolute atomic E-state index is 0.141. The lowest BCUT2D eigenvalue weighted by molar-refractivity contribution is -0.144. The van der Waals surface area contributed by atoms with Crippen molar-refractivity contribution in [2.45, 2.75) is 19.3 Å². The van der Waals surface area contributed by atoms with E-state index < -0.39 is 5.97 Å². The summed E-state index contributed by atoms with van der Waals surface area (Å²) in [7, 11) is 0. The van der Waals surface area contributed by atoms with Crippen molar-refractivity contribution in [1.29, 1.82) is 0 Å². The Hall–Kier alpha value is -0.860. The third-order valence-electron chi connectivity index (χ3n) is 2.95. The number of hydrogen-bond acceptors (Lipinski definition) is 2. The summed E-state index contributed by atoms with van der Waals surface area (Å²) >= 11 is 0. The zero-order chi connectivity index (χ0) is 8.01. The van der Waals surface area contributed by atoms with Crippen molar-refractivity contribution < 1.29 is 14.7 Å². The van der Waals surface area contributed by atoms with Gasteiger partial charge in [-0.05, 0) is 18.8 Å². The molecule has 0 heterocycles. The lowest BCUT2D eigenvalue weighted by Gasteiger charge is -2.05. The summed E-state index contributed by atoms with van der Waals surface area (Å²) in [5, 5.41) is 8.76. The number of rotatable bonds is 1. The van der Waals surface area contributed by atoms with Crippen LogP contribution in [0.1, 0.15) is 19.3 Å². The second-order valence-electron chi connectivity index (χ2n) is 3.48. The minimum atomic E-state index is -0.775. The first-order chi connectivity index (χ1) is 5.20. The fourth-order valence-electron chi connectivity index (χ4n) is 2.46. The van der Waals surface area contributed by atoms with Crippen LogP contribution in [0.15, 0.2) is 0 Å². The highest BCUT2D eigenvalue weighted by atomic mass is 16.4. The monoisotopic (exact) mass is 154 g/mol. The molecule has 1 N–H and O–H groups in total. The smallest absolute Gasteiger partial charge is 0.307 e. The van der Waals surface area contributed by atoms with E-state index in [9.17, 15) is 9.59 Å². The minimum Gasteiger partial charge on any atom is -0.481 e. The molecule has 3 nitrogen and oxygen atoms in total. The molecular weight excluding hydrogens is 144 g/mol. The topological polar surface area (TPSA) is 54.4 Å². The van der Waals surface area contributed by atoms with Crippen LogP contribution >= 0.6 is 0 Å². The second kappa shape index (κ2) is 2.06. The summed E-state index contributed by atoms with van der Waals surface area (Å²) in [6.07, 6.45) is 2.26. The number of hydrogen-bond donors (Lipinski definition) is 1. The lowest BCUT2D eigenvalue weighted by Crippen LogP contribution is -2.19. The van der Waals surface area contributed by atoms with E-state index in [0.717, 1.165) is 12.8 Å². The SMILES string of the molecule is O=C(O)[C@@H]1[C@@H]2CC[C@@H]1C(=O)C2. The Morgan fingerprint density at radius 1 is 1.45 bits per heavy atom. The first kappa shape index (κ1) is 6.83. The maximum atomic E-state index is 11.1. The molecule has 0 unspecified atom stereocenters. The van der Waals surface area contributed by atoms with E-state index >= 15 is 0 Å². The van der Waals surface area contributed by atoms with Gasteiger partial charge in [0, 0.05) is 12.3 Å². The Bertz CT molecular complexity index is 221. The lowest BCUT2D eigenvalue weighted by atomic mass is 9.98. The van der Waals surface area contributed by atoms with Crippen LogP contribution in [0, 0.1) is 17.8 Å². The Morgan fingerprint density at radius 3 is 2.45 bits per heavy atom. The highest BCUT2D eigenvalue weighted by Crippen LogP contribution is 2.47. The maximum Gasteiger partial charge on any atom is 0.307 e. The van der Waals surface area contributed by atoms with E-state index in [1.807, 2.05) is 0 Å². The molecule has 3 atom stereocenters. The fourth-order valence-corrected chi connectivity index (χ4v) is 2.46. The Balaban J connectivity index is 2.25. The average molecular weight is 154 g/mol. The Labute approximate surface area is 64.4 Å². The Morgan fingerprint density at radius 2 is 2.18 bits per heavy atom. The van der Waals surface area contributed by atoms with Gasteiger partial charge in [0.2, 0.25) is 0 Å². The maximum absolute atomic E-state index is 11.1. The number of carboxylic acid groups (broad SMARTS) is 1. The third kappa shape index (κ3) is 0.800. The summed E-state index contributed by atoms with van der Waals surface area (Å²) in [6, 6.07) is 0. The molecule has 3 heteroatoms. The molecule has 0 radical (unpaired) electrons. The number of carbonyl (C=O) groups is 2. The molecule has 2 rings (SSSR count). The van der Waals surface area contributed by atoms with Crippen molar-refractivity contribution in [3.05, 3.63) is 0 Å². The van der Waals surface area contributed by atoms with Gasteiger partial charge in [-0.3, -0.25) is 9.59 Å². The number of carboxylic acids is 1. The normalized spacial score (nSPS) is 41.5. The van der Waals surface area contributed by atoms with E-state index in [1.165, 1.54) is 0 Å². The van der Waals surface area contributed by atoms with Gasteiger partial charge in [0.25, 0.3) is 0 Å². The first-order valence-electron chi connectivity index (χ1n) is 3.95. The molecule has 11 heavy (non-hydrogen) atoms. The van der Waals surface area contributed by atoms with Crippen LogP contribution < -0.4 is 0 Å². The van der Waals surface area contributed by atoms with E-state index in [2.05, 4.69) is 0 Å². The molecule has 2 aliphatic rings. The van der Waals surface area contributed by atoms with Crippen molar-refractivity contribution >= 4 is 11.8 Å². The van der Waals surface area contributed by atoms with Gasteiger partial charge < -0.3 is 5.11 Å². The van der Waals surface area contributed by atoms with E-state index in [4.69, 9.17) is 5.11 Å². The third-order valence-corrected chi connectivity index (χ3v) is 2.95. The molecule has 2 bridgehead atoms. The number of fused-ring (bicyclic) bond motifs is 2. The van der Waals surface area contributed by atoms with Gasteiger partial charge in [-0.1, -0.05) is 0 Å². The molecule has 2 fully saturated rings. The summed E-state index contributed by atoms with van der Waals surface area (Å²) in [5.41, 5.74) is 0. The zero-order valence-corrected chi connectivity index (χ0v) is 6.12. The van der Waals surface area contributed by atoms with Crippen LogP contribution in [0.2, 0.25) is 0 Å². The van der Waals surface area contributed by atoms with Crippen LogP contribution in [0.4, 0.5) is 0 Å². The van der Waals surface area contributed by atoms with Gasteiger partial charge in [-0.25, -0.2) is 0 Å². The summed E-state index contributed by atoms with van der Waals surface area (Å²) in [6.45, 7) is 0. The highest BCUT2D eigenvalue weighted by Gasteiger charge is 2.50. The van der Waals surface area contributed by atoms with Crippen molar-refractivity contribution in [2.24, 2.45) is 17.8 Å². The van der Waals surface area contributed by atoms with Gasteiger partial charge in [-0.15, -0.1) is 0 Å². The number of aliphatic carboxylic acids is 1. The second-order valence-corrected chi connectivity index (χ2v) is 3.48. The summed E-state index contributed by atoms with van der Waals surface area (Å²) < 4.78 is 0. The largest absolute Gasteiger partial charge is 0.481 e. The van der Waals surface area contributed by atoms with Crippen molar-refractivity contribution in [3.8, 4) is 0 Å². The standard InChI is InChI=1S/C8H10O3/c9-6-3-4-1-2-5(6)7(4)8(10)11/h4-5,7H,1-3H2,(H,10,11)/t4-,5-,7-/m1/s1. The van der Waals surface area contributed by atoms with E-state index in [0.29, 0.717) is 6.42 Å². The molecular formula is C8H10O3.